The Morgan fingerprint density at radius 3 is 2.76 bits per heavy atom. The van der Waals surface area contributed by atoms with Crippen LogP contribution >= 0.6 is 0 Å². The summed E-state index contributed by atoms with van der Waals surface area (Å²) in [6.45, 7) is 3.86. The van der Waals surface area contributed by atoms with Gasteiger partial charge in [0.05, 0.1) is 6.54 Å². The summed E-state index contributed by atoms with van der Waals surface area (Å²) in [4.78, 5) is 13.5. The largest absolute Gasteiger partial charge is 0.398 e. The van der Waals surface area contributed by atoms with Gasteiger partial charge in [0.15, 0.2) is 0 Å². The zero-order chi connectivity index (χ0) is 12.7. The Morgan fingerprint density at radius 1 is 1.41 bits per heavy atom. The normalized spacial score (nSPS) is 10.5. The number of nitrogens with one attached hydrogen (secondary N) is 1. The van der Waals surface area contributed by atoms with Crippen LogP contribution in [0.1, 0.15) is 18.9 Å². The van der Waals surface area contributed by atoms with Gasteiger partial charge in [-0.15, -0.1) is 0 Å². The highest BCUT2D eigenvalue weighted by Crippen LogP contribution is 2.12. The zero-order valence-corrected chi connectivity index (χ0v) is 10.6. The molecule has 0 spiro atoms. The lowest BCUT2D eigenvalue weighted by atomic mass is 10.2. The van der Waals surface area contributed by atoms with Crippen molar-refractivity contribution in [1.82, 2.24) is 10.2 Å². The van der Waals surface area contributed by atoms with Gasteiger partial charge in [0.2, 0.25) is 5.91 Å². The first kappa shape index (κ1) is 13.5. The van der Waals surface area contributed by atoms with Crippen molar-refractivity contribution in [3.8, 4) is 0 Å². The van der Waals surface area contributed by atoms with Gasteiger partial charge >= 0.3 is 0 Å². The molecule has 0 aliphatic rings. The number of rotatable bonds is 6. The quantitative estimate of drug-likeness (QED) is 0.729. The molecule has 0 aromatic heterocycles. The Balaban J connectivity index is 2.42. The highest BCUT2D eigenvalue weighted by molar-refractivity contribution is 5.77. The number of carbonyl (C=O) groups is 1. The molecule has 1 aromatic carbocycles. The third-order valence-corrected chi connectivity index (χ3v) is 2.48. The monoisotopic (exact) mass is 235 g/mol. The number of anilines is 1. The molecule has 0 aliphatic heterocycles. The van der Waals surface area contributed by atoms with Gasteiger partial charge in [-0.25, -0.2) is 0 Å². The molecule has 94 valence electrons. The van der Waals surface area contributed by atoms with E-state index in [1.807, 2.05) is 43.1 Å². The van der Waals surface area contributed by atoms with Crippen molar-refractivity contribution in [3.05, 3.63) is 29.8 Å². The van der Waals surface area contributed by atoms with Gasteiger partial charge in [0.25, 0.3) is 0 Å². The second-order valence-corrected chi connectivity index (χ2v) is 4.22. The maximum absolute atomic E-state index is 11.5. The summed E-state index contributed by atoms with van der Waals surface area (Å²) in [6.07, 6.45) is 0.959. The van der Waals surface area contributed by atoms with Crippen LogP contribution < -0.4 is 11.1 Å². The lowest BCUT2D eigenvalue weighted by Gasteiger charge is -2.17. The number of likely N-dealkylation sites (N-methyl/N-ethyl adjacent to an activating group) is 1. The van der Waals surface area contributed by atoms with E-state index in [1.54, 1.807) is 0 Å². The Bertz CT molecular complexity index is 365. The topological polar surface area (TPSA) is 58.4 Å². The van der Waals surface area contributed by atoms with Gasteiger partial charge in [-0.3, -0.25) is 9.69 Å². The standard InChI is InChI=1S/C13H21N3O/c1-3-8-15-13(17)10-16(2)9-11-6-4-5-7-12(11)14/h4-7H,3,8-10,14H2,1-2H3,(H,15,17). The van der Waals surface area contributed by atoms with Crippen molar-refractivity contribution in [2.75, 3.05) is 25.9 Å². The van der Waals surface area contributed by atoms with Gasteiger partial charge in [0, 0.05) is 18.8 Å². The van der Waals surface area contributed by atoms with E-state index in [4.69, 9.17) is 5.73 Å². The Labute approximate surface area is 103 Å². The van der Waals surface area contributed by atoms with E-state index in [-0.39, 0.29) is 5.91 Å². The van der Waals surface area contributed by atoms with Gasteiger partial charge in [0.1, 0.15) is 0 Å². The van der Waals surface area contributed by atoms with Crippen molar-refractivity contribution < 1.29 is 4.79 Å². The van der Waals surface area contributed by atoms with Crippen LogP contribution in [0.2, 0.25) is 0 Å². The van der Waals surface area contributed by atoms with E-state index < -0.39 is 0 Å². The minimum Gasteiger partial charge on any atom is -0.398 e. The number of nitrogens with two attached hydrogens (primary N) is 1. The summed E-state index contributed by atoms with van der Waals surface area (Å²) in [5.74, 6) is 0.0591. The maximum Gasteiger partial charge on any atom is 0.234 e. The van der Waals surface area contributed by atoms with Gasteiger partial charge in [-0.05, 0) is 25.1 Å². The molecule has 1 amide bonds. The fourth-order valence-electron chi connectivity index (χ4n) is 1.59. The highest BCUT2D eigenvalue weighted by Gasteiger charge is 2.07. The third kappa shape index (κ3) is 4.87. The van der Waals surface area contributed by atoms with E-state index in [0.717, 1.165) is 24.2 Å². The molecule has 4 heteroatoms. The molecule has 0 fully saturated rings. The van der Waals surface area contributed by atoms with Crippen LogP contribution in [-0.4, -0.2) is 30.9 Å². The lowest BCUT2D eigenvalue weighted by Crippen LogP contribution is -2.35. The number of nitrogens with zero attached hydrogens (tertiary/aromatic N) is 1. The van der Waals surface area contributed by atoms with E-state index in [9.17, 15) is 4.79 Å². The van der Waals surface area contributed by atoms with E-state index in [1.165, 1.54) is 0 Å². The summed E-state index contributed by atoms with van der Waals surface area (Å²) >= 11 is 0. The Kier molecular flexibility index (Phi) is 5.49. The molecule has 0 saturated heterocycles. The minimum absolute atomic E-state index is 0.0591. The first-order valence-electron chi connectivity index (χ1n) is 5.92. The molecule has 0 atom stereocenters. The Hall–Kier alpha value is -1.55. The minimum atomic E-state index is 0.0591. The number of benzene rings is 1. The first-order chi connectivity index (χ1) is 8.13. The molecule has 0 unspecified atom stereocenters. The summed E-state index contributed by atoms with van der Waals surface area (Å²) in [5.41, 5.74) is 7.68. The summed E-state index contributed by atoms with van der Waals surface area (Å²) in [6, 6.07) is 7.72. The van der Waals surface area contributed by atoms with Crippen molar-refractivity contribution in [3.63, 3.8) is 0 Å². The number of hydrogen-bond acceptors (Lipinski definition) is 3. The predicted octanol–water partition coefficient (Wildman–Crippen LogP) is 1.23. The molecule has 1 aromatic rings. The number of hydrogen-bond donors (Lipinski definition) is 2. The summed E-state index contributed by atoms with van der Waals surface area (Å²) in [7, 11) is 1.91. The molecule has 0 heterocycles. The van der Waals surface area contributed by atoms with Gasteiger partial charge in [-0.1, -0.05) is 25.1 Å². The molecular weight excluding hydrogens is 214 g/mol. The van der Waals surface area contributed by atoms with E-state index in [2.05, 4.69) is 5.32 Å². The average Bonchev–Trinajstić information content (AvgIpc) is 2.29. The molecule has 0 bridgehead atoms. The third-order valence-electron chi connectivity index (χ3n) is 2.48. The van der Waals surface area contributed by atoms with Crippen LogP contribution in [0.4, 0.5) is 5.69 Å². The maximum atomic E-state index is 11.5. The molecular formula is C13H21N3O. The molecule has 0 radical (unpaired) electrons. The number of nitrogen functional groups attached to an aromatic ring is 1. The molecule has 17 heavy (non-hydrogen) atoms. The highest BCUT2D eigenvalue weighted by atomic mass is 16.2. The predicted molar refractivity (Wildman–Crippen MR) is 70.5 cm³/mol. The van der Waals surface area contributed by atoms with Gasteiger partial charge < -0.3 is 11.1 Å². The second kappa shape index (κ2) is 6.91. The van der Waals surface area contributed by atoms with Crippen molar-refractivity contribution >= 4 is 11.6 Å². The molecule has 3 N–H and O–H groups in total. The van der Waals surface area contributed by atoms with E-state index in [0.29, 0.717) is 13.1 Å². The zero-order valence-electron chi connectivity index (χ0n) is 10.6. The summed E-state index contributed by atoms with van der Waals surface area (Å²) < 4.78 is 0. The lowest BCUT2D eigenvalue weighted by molar-refractivity contribution is -0.122. The average molecular weight is 235 g/mol. The fourth-order valence-corrected chi connectivity index (χ4v) is 1.59. The van der Waals surface area contributed by atoms with Crippen LogP contribution in [0.25, 0.3) is 0 Å². The number of amides is 1. The molecule has 0 aliphatic carbocycles. The van der Waals surface area contributed by atoms with Crippen LogP contribution in [0.5, 0.6) is 0 Å². The Morgan fingerprint density at radius 2 is 2.12 bits per heavy atom. The fraction of sp³-hybridized carbons (Fsp3) is 0.462. The first-order valence-corrected chi connectivity index (χ1v) is 5.92. The van der Waals surface area contributed by atoms with Crippen LogP contribution in [0.3, 0.4) is 0 Å². The van der Waals surface area contributed by atoms with Crippen molar-refractivity contribution in [2.45, 2.75) is 19.9 Å². The van der Waals surface area contributed by atoms with E-state index >= 15 is 0 Å². The van der Waals surface area contributed by atoms with Crippen LogP contribution in [0.15, 0.2) is 24.3 Å². The van der Waals surface area contributed by atoms with Crippen molar-refractivity contribution in [1.29, 1.82) is 0 Å². The number of carbonyl (C=O) groups excluding carboxylic acids is 1. The molecule has 1 rings (SSSR count). The van der Waals surface area contributed by atoms with Crippen LogP contribution in [0, 0.1) is 0 Å². The SMILES string of the molecule is CCCNC(=O)CN(C)Cc1ccccc1N. The molecule has 0 saturated carbocycles. The second-order valence-electron chi connectivity index (χ2n) is 4.22. The smallest absolute Gasteiger partial charge is 0.234 e. The van der Waals surface area contributed by atoms with Crippen LogP contribution in [-0.2, 0) is 11.3 Å². The number of para-hydroxylation sites is 1. The summed E-state index contributed by atoms with van der Waals surface area (Å²) in [5, 5.41) is 2.85. The van der Waals surface area contributed by atoms with Crippen molar-refractivity contribution in [2.24, 2.45) is 0 Å². The van der Waals surface area contributed by atoms with Gasteiger partial charge in [-0.2, -0.15) is 0 Å². The molecule has 4 nitrogen and oxygen atoms in total.